The molecular formula is C33H32Cl3N3O5S. The van der Waals surface area contributed by atoms with E-state index in [2.05, 4.69) is 5.32 Å². The first-order valence-electron chi connectivity index (χ1n) is 14.0. The molecule has 12 heteroatoms. The Morgan fingerprint density at radius 2 is 1.53 bits per heavy atom. The molecular weight excluding hydrogens is 657 g/mol. The molecule has 0 bridgehead atoms. The molecule has 0 aliphatic heterocycles. The van der Waals surface area contributed by atoms with E-state index in [9.17, 15) is 18.0 Å². The van der Waals surface area contributed by atoms with Gasteiger partial charge in [-0.2, -0.15) is 0 Å². The smallest absolute Gasteiger partial charge is 0.264 e. The van der Waals surface area contributed by atoms with E-state index in [0.717, 1.165) is 9.87 Å². The maximum atomic E-state index is 14.4. The van der Waals surface area contributed by atoms with Crippen molar-refractivity contribution in [2.75, 3.05) is 24.5 Å². The van der Waals surface area contributed by atoms with Crippen LogP contribution in [-0.4, -0.2) is 51.4 Å². The highest BCUT2D eigenvalue weighted by Gasteiger charge is 2.35. The van der Waals surface area contributed by atoms with E-state index in [-0.39, 0.29) is 28.6 Å². The SMILES string of the molecule is CCNC(=O)[C@H](Cc1ccccc1)N(Cc1ccc(Cl)cc1Cl)C(=O)CN(c1ccc(OC)c(Cl)c1)S(=O)(=O)c1ccccc1. The van der Waals surface area contributed by atoms with Crippen molar-refractivity contribution in [3.05, 3.63) is 123 Å². The average Bonchev–Trinajstić information content (AvgIpc) is 3.03. The predicted octanol–water partition coefficient (Wildman–Crippen LogP) is 6.63. The van der Waals surface area contributed by atoms with Crippen LogP contribution in [0, 0.1) is 0 Å². The monoisotopic (exact) mass is 687 g/mol. The van der Waals surface area contributed by atoms with E-state index in [1.807, 2.05) is 30.3 Å². The van der Waals surface area contributed by atoms with Crippen LogP contribution in [0.1, 0.15) is 18.1 Å². The third-order valence-corrected chi connectivity index (χ3v) is 9.68. The number of sulfonamides is 1. The van der Waals surface area contributed by atoms with Gasteiger partial charge in [-0.05, 0) is 60.5 Å². The molecule has 1 atom stereocenters. The highest BCUT2D eigenvalue weighted by atomic mass is 35.5. The second-order valence-electron chi connectivity index (χ2n) is 10.0. The van der Waals surface area contributed by atoms with Gasteiger partial charge in [0.2, 0.25) is 11.8 Å². The van der Waals surface area contributed by atoms with Crippen molar-refractivity contribution in [3.8, 4) is 5.75 Å². The third-order valence-electron chi connectivity index (χ3n) is 7.01. The number of ether oxygens (including phenoxy) is 1. The number of halogens is 3. The van der Waals surface area contributed by atoms with Gasteiger partial charge in [0.1, 0.15) is 18.3 Å². The topological polar surface area (TPSA) is 96.0 Å². The maximum absolute atomic E-state index is 14.4. The van der Waals surface area contributed by atoms with Crippen molar-refractivity contribution in [1.29, 1.82) is 0 Å². The fourth-order valence-electron chi connectivity index (χ4n) is 4.74. The Morgan fingerprint density at radius 1 is 0.867 bits per heavy atom. The number of hydrogen-bond acceptors (Lipinski definition) is 5. The predicted molar refractivity (Wildman–Crippen MR) is 179 cm³/mol. The summed E-state index contributed by atoms with van der Waals surface area (Å²) in [5.41, 5.74) is 1.48. The Morgan fingerprint density at radius 3 is 2.13 bits per heavy atom. The summed E-state index contributed by atoms with van der Waals surface area (Å²) >= 11 is 19.1. The number of nitrogens with one attached hydrogen (secondary N) is 1. The summed E-state index contributed by atoms with van der Waals surface area (Å²) in [6, 6.07) is 25.3. The van der Waals surface area contributed by atoms with Gasteiger partial charge in [-0.3, -0.25) is 13.9 Å². The molecule has 0 aliphatic rings. The summed E-state index contributed by atoms with van der Waals surface area (Å²) in [7, 11) is -2.84. The minimum atomic E-state index is -4.28. The van der Waals surface area contributed by atoms with Gasteiger partial charge in [0.05, 0.1) is 22.7 Å². The van der Waals surface area contributed by atoms with Gasteiger partial charge in [-0.25, -0.2) is 8.42 Å². The molecule has 0 aromatic heterocycles. The van der Waals surface area contributed by atoms with E-state index >= 15 is 0 Å². The van der Waals surface area contributed by atoms with Crippen LogP contribution in [0.5, 0.6) is 5.75 Å². The molecule has 1 N–H and O–H groups in total. The van der Waals surface area contributed by atoms with Crippen LogP contribution in [0.25, 0.3) is 0 Å². The molecule has 8 nitrogen and oxygen atoms in total. The molecule has 45 heavy (non-hydrogen) atoms. The van der Waals surface area contributed by atoms with E-state index < -0.39 is 34.4 Å². The normalized spacial score (nSPS) is 11.8. The second kappa shape index (κ2) is 15.5. The zero-order valence-electron chi connectivity index (χ0n) is 24.6. The number of carbonyl (C=O) groups is 2. The van der Waals surface area contributed by atoms with Gasteiger partial charge in [0.25, 0.3) is 10.0 Å². The molecule has 0 unspecified atom stereocenters. The molecule has 0 saturated heterocycles. The summed E-state index contributed by atoms with van der Waals surface area (Å²) in [6.07, 6.45) is 0.170. The van der Waals surface area contributed by atoms with Gasteiger partial charge in [0.15, 0.2) is 0 Å². The lowest BCUT2D eigenvalue weighted by molar-refractivity contribution is -0.140. The minimum absolute atomic E-state index is 0.0263. The molecule has 0 fully saturated rings. The van der Waals surface area contributed by atoms with E-state index in [4.69, 9.17) is 39.5 Å². The zero-order valence-corrected chi connectivity index (χ0v) is 27.7. The van der Waals surface area contributed by atoms with Gasteiger partial charge in [0, 0.05) is 29.6 Å². The van der Waals surface area contributed by atoms with Crippen LogP contribution >= 0.6 is 34.8 Å². The Bertz CT molecular complexity index is 1740. The summed E-state index contributed by atoms with van der Waals surface area (Å²) < 4.78 is 34.4. The Kier molecular flexibility index (Phi) is 11.7. The lowest BCUT2D eigenvalue weighted by Crippen LogP contribution is -2.53. The summed E-state index contributed by atoms with van der Waals surface area (Å²) in [4.78, 5) is 29.4. The lowest BCUT2D eigenvalue weighted by Gasteiger charge is -2.34. The largest absolute Gasteiger partial charge is 0.495 e. The van der Waals surface area contributed by atoms with Crippen LogP contribution in [0.15, 0.2) is 102 Å². The first kappa shape index (κ1) is 34.1. The second-order valence-corrected chi connectivity index (χ2v) is 13.1. The highest BCUT2D eigenvalue weighted by molar-refractivity contribution is 7.92. The number of methoxy groups -OCH3 is 1. The molecule has 4 aromatic rings. The number of rotatable bonds is 13. The molecule has 0 spiro atoms. The van der Waals surface area contributed by atoms with Crippen molar-refractivity contribution in [2.45, 2.75) is 30.8 Å². The van der Waals surface area contributed by atoms with Crippen LogP contribution in [0.3, 0.4) is 0 Å². The van der Waals surface area contributed by atoms with E-state index in [0.29, 0.717) is 27.9 Å². The van der Waals surface area contributed by atoms with E-state index in [1.165, 1.54) is 42.3 Å². The van der Waals surface area contributed by atoms with Gasteiger partial charge < -0.3 is 15.0 Å². The van der Waals surface area contributed by atoms with Crippen LogP contribution < -0.4 is 14.4 Å². The Balaban J connectivity index is 1.83. The average molecular weight is 689 g/mol. The van der Waals surface area contributed by atoms with Crippen molar-refractivity contribution in [1.82, 2.24) is 10.2 Å². The third kappa shape index (κ3) is 8.49. The molecule has 0 saturated carbocycles. The van der Waals surface area contributed by atoms with Crippen molar-refractivity contribution < 1.29 is 22.7 Å². The number of hydrogen-bond donors (Lipinski definition) is 1. The standard InChI is InChI=1S/C33H32Cl3N3O5S/c1-3-37-33(41)30(18-23-10-6-4-7-11-23)38(21-24-14-15-25(34)19-28(24)35)32(40)22-39(26-16-17-31(44-2)29(36)20-26)45(42,43)27-12-8-5-9-13-27/h4-17,19-20,30H,3,18,21-22H2,1-2H3,(H,37,41)/t30-/m0/s1. The fourth-order valence-corrected chi connectivity index (χ4v) is 6.89. The molecule has 236 valence electrons. The van der Waals surface area contributed by atoms with Gasteiger partial charge in [-0.1, -0.05) is 89.4 Å². The first-order chi connectivity index (χ1) is 21.5. The maximum Gasteiger partial charge on any atom is 0.264 e. The minimum Gasteiger partial charge on any atom is -0.495 e. The Labute approximate surface area is 278 Å². The number of nitrogens with zero attached hydrogens (tertiary/aromatic N) is 2. The first-order valence-corrected chi connectivity index (χ1v) is 16.6. The van der Waals surface area contributed by atoms with Crippen molar-refractivity contribution in [2.24, 2.45) is 0 Å². The Hall–Kier alpha value is -3.76. The molecule has 2 amide bonds. The molecule has 0 aliphatic carbocycles. The number of anilines is 1. The van der Waals surface area contributed by atoms with Crippen molar-refractivity contribution in [3.63, 3.8) is 0 Å². The number of carbonyl (C=O) groups excluding carboxylic acids is 2. The van der Waals surface area contributed by atoms with Crippen LogP contribution in [-0.2, 0) is 32.6 Å². The molecule has 0 radical (unpaired) electrons. The van der Waals surface area contributed by atoms with Crippen LogP contribution in [0.2, 0.25) is 15.1 Å². The number of amides is 2. The van der Waals surface area contributed by atoms with Crippen molar-refractivity contribution >= 4 is 62.3 Å². The highest BCUT2D eigenvalue weighted by Crippen LogP contribution is 2.32. The van der Waals surface area contributed by atoms with E-state index in [1.54, 1.807) is 43.3 Å². The zero-order chi connectivity index (χ0) is 32.6. The molecule has 4 aromatic carbocycles. The number of benzene rings is 4. The van der Waals surface area contributed by atoms with Gasteiger partial charge in [-0.15, -0.1) is 0 Å². The quantitative estimate of drug-likeness (QED) is 0.170. The number of likely N-dealkylation sites (N-methyl/N-ethyl adjacent to an activating group) is 1. The van der Waals surface area contributed by atoms with Crippen LogP contribution in [0.4, 0.5) is 5.69 Å². The summed E-state index contributed by atoms with van der Waals surface area (Å²) in [5, 5.41) is 3.68. The molecule has 0 heterocycles. The lowest BCUT2D eigenvalue weighted by atomic mass is 10.0. The summed E-state index contributed by atoms with van der Waals surface area (Å²) in [6.45, 7) is 1.37. The van der Waals surface area contributed by atoms with Gasteiger partial charge >= 0.3 is 0 Å². The molecule has 4 rings (SSSR count). The fraction of sp³-hybridized carbons (Fsp3) is 0.212. The summed E-state index contributed by atoms with van der Waals surface area (Å²) in [5.74, 6) is -0.702.